The van der Waals surface area contributed by atoms with Crippen molar-refractivity contribution in [1.29, 1.82) is 0 Å². The number of carbonyl (C=O) groups excluding carboxylic acids is 1. The molecule has 0 saturated carbocycles. The predicted octanol–water partition coefficient (Wildman–Crippen LogP) is 4.47. The van der Waals surface area contributed by atoms with Crippen LogP contribution in [0.1, 0.15) is 37.9 Å². The summed E-state index contributed by atoms with van der Waals surface area (Å²) >= 11 is 2.94. The third kappa shape index (κ3) is 5.39. The number of thiazole rings is 1. The van der Waals surface area contributed by atoms with Gasteiger partial charge in [-0.3, -0.25) is 9.36 Å². The molecular weight excluding hydrogens is 492 g/mol. The highest BCUT2D eigenvalue weighted by molar-refractivity contribution is 7.98. The number of ether oxygens (including phenoxy) is 2. The number of thioether (sulfide) groups is 1. The van der Waals surface area contributed by atoms with E-state index in [0.29, 0.717) is 27.2 Å². The second-order valence-electron chi connectivity index (χ2n) is 8.48. The number of esters is 1. The van der Waals surface area contributed by atoms with Crippen molar-refractivity contribution < 1.29 is 14.3 Å². The van der Waals surface area contributed by atoms with Gasteiger partial charge in [-0.25, -0.2) is 9.79 Å². The summed E-state index contributed by atoms with van der Waals surface area (Å²) in [6.45, 7) is 9.48. The van der Waals surface area contributed by atoms with Crippen LogP contribution in [0.4, 0.5) is 0 Å². The van der Waals surface area contributed by atoms with Crippen LogP contribution >= 0.6 is 23.1 Å². The Balaban J connectivity index is 1.84. The highest BCUT2D eigenvalue weighted by Gasteiger charge is 2.33. The molecule has 0 saturated heterocycles. The maximum Gasteiger partial charge on any atom is 0.338 e. The standard InChI is InChI=1S/C28H28N2O4S2/c1-6-15-33-21-11-7-19(8-12-21)16-23-26(31)30-25(20-9-13-22(35-5)14-10-20)24(27(32)34-17(2)3)18(4)29-28(30)36-23/h6-14,16-17,25H,1,15H2,2-5H3. The van der Waals surface area contributed by atoms with Crippen molar-refractivity contribution in [2.75, 3.05) is 12.9 Å². The Kier molecular flexibility index (Phi) is 7.96. The average molecular weight is 521 g/mol. The fourth-order valence-corrected chi connectivity index (χ4v) is 5.38. The third-order valence-electron chi connectivity index (χ3n) is 5.56. The number of hydrogen-bond acceptors (Lipinski definition) is 7. The number of carbonyl (C=O) groups is 1. The molecule has 0 N–H and O–H groups in total. The quantitative estimate of drug-likeness (QED) is 0.249. The monoisotopic (exact) mass is 520 g/mol. The molecule has 186 valence electrons. The number of benzene rings is 2. The van der Waals surface area contributed by atoms with Gasteiger partial charge in [-0.15, -0.1) is 11.8 Å². The lowest BCUT2D eigenvalue weighted by Gasteiger charge is -2.25. The second kappa shape index (κ2) is 11.1. The van der Waals surface area contributed by atoms with Crippen molar-refractivity contribution in [3.8, 4) is 5.75 Å². The van der Waals surface area contributed by atoms with E-state index >= 15 is 0 Å². The first-order valence-electron chi connectivity index (χ1n) is 11.5. The number of allylic oxidation sites excluding steroid dienone is 1. The predicted molar refractivity (Wildman–Crippen MR) is 145 cm³/mol. The summed E-state index contributed by atoms with van der Waals surface area (Å²) in [7, 11) is 0. The first-order chi connectivity index (χ1) is 17.3. The topological polar surface area (TPSA) is 69.9 Å². The molecule has 3 aromatic rings. The van der Waals surface area contributed by atoms with Crippen LogP contribution in [0.15, 0.2) is 87.1 Å². The van der Waals surface area contributed by atoms with E-state index in [-0.39, 0.29) is 11.7 Å². The fraction of sp³-hybridized carbons (Fsp3) is 0.250. The Labute approximate surface area is 218 Å². The van der Waals surface area contributed by atoms with Gasteiger partial charge in [-0.1, -0.05) is 48.3 Å². The molecule has 0 amide bonds. The number of hydrogen-bond donors (Lipinski definition) is 0. The van der Waals surface area contributed by atoms with Gasteiger partial charge in [0.15, 0.2) is 4.80 Å². The Bertz CT molecular complexity index is 1480. The van der Waals surface area contributed by atoms with Gasteiger partial charge in [0, 0.05) is 4.90 Å². The first-order valence-corrected chi connectivity index (χ1v) is 13.6. The molecule has 1 aliphatic rings. The lowest BCUT2D eigenvalue weighted by molar-refractivity contribution is -0.143. The summed E-state index contributed by atoms with van der Waals surface area (Å²) in [5.74, 6) is 0.265. The second-order valence-corrected chi connectivity index (χ2v) is 10.4. The number of aromatic nitrogens is 1. The van der Waals surface area contributed by atoms with Crippen LogP contribution in [0.2, 0.25) is 0 Å². The molecule has 1 unspecified atom stereocenters. The van der Waals surface area contributed by atoms with E-state index < -0.39 is 12.0 Å². The van der Waals surface area contributed by atoms with Crippen LogP contribution in [0.3, 0.4) is 0 Å². The largest absolute Gasteiger partial charge is 0.490 e. The highest BCUT2D eigenvalue weighted by atomic mass is 32.2. The highest BCUT2D eigenvalue weighted by Crippen LogP contribution is 2.32. The summed E-state index contributed by atoms with van der Waals surface area (Å²) in [6.07, 6.45) is 5.24. The molecule has 2 heterocycles. The molecule has 1 aliphatic heterocycles. The van der Waals surface area contributed by atoms with Crippen LogP contribution in [-0.4, -0.2) is 29.5 Å². The van der Waals surface area contributed by atoms with Crippen molar-refractivity contribution in [2.24, 2.45) is 4.99 Å². The Morgan fingerprint density at radius 1 is 1.19 bits per heavy atom. The van der Waals surface area contributed by atoms with E-state index in [4.69, 9.17) is 9.47 Å². The molecule has 1 atom stereocenters. The lowest BCUT2D eigenvalue weighted by atomic mass is 9.96. The molecule has 36 heavy (non-hydrogen) atoms. The van der Waals surface area contributed by atoms with E-state index in [0.717, 1.165) is 21.8 Å². The zero-order valence-corrected chi connectivity index (χ0v) is 22.3. The van der Waals surface area contributed by atoms with Crippen LogP contribution in [0.5, 0.6) is 5.75 Å². The molecule has 0 spiro atoms. The first kappa shape index (κ1) is 25.7. The van der Waals surface area contributed by atoms with Gasteiger partial charge in [0.2, 0.25) is 0 Å². The molecule has 0 bridgehead atoms. The third-order valence-corrected chi connectivity index (χ3v) is 7.29. The summed E-state index contributed by atoms with van der Waals surface area (Å²) in [4.78, 5) is 33.2. The van der Waals surface area contributed by atoms with E-state index in [1.54, 1.807) is 43.2 Å². The summed E-state index contributed by atoms with van der Waals surface area (Å²) in [5.41, 5.74) is 2.42. The molecule has 0 aliphatic carbocycles. The molecule has 4 rings (SSSR count). The maximum absolute atomic E-state index is 13.7. The van der Waals surface area contributed by atoms with Crippen LogP contribution in [0.25, 0.3) is 6.08 Å². The number of rotatable bonds is 8. The summed E-state index contributed by atoms with van der Waals surface area (Å²) in [5, 5.41) is 0. The van der Waals surface area contributed by atoms with Gasteiger partial charge in [-0.2, -0.15) is 0 Å². The normalized spacial score (nSPS) is 15.5. The lowest BCUT2D eigenvalue weighted by Crippen LogP contribution is -2.40. The van der Waals surface area contributed by atoms with Gasteiger partial charge in [0.05, 0.1) is 27.9 Å². The molecular formula is C28H28N2O4S2. The molecule has 6 nitrogen and oxygen atoms in total. The average Bonchev–Trinajstić information content (AvgIpc) is 3.16. The van der Waals surface area contributed by atoms with E-state index in [2.05, 4.69) is 11.6 Å². The van der Waals surface area contributed by atoms with E-state index in [1.165, 1.54) is 11.3 Å². The van der Waals surface area contributed by atoms with Crippen molar-refractivity contribution in [1.82, 2.24) is 4.57 Å². The van der Waals surface area contributed by atoms with Crippen molar-refractivity contribution in [2.45, 2.75) is 37.8 Å². The molecule has 0 fully saturated rings. The van der Waals surface area contributed by atoms with Crippen LogP contribution < -0.4 is 19.6 Å². The number of fused-ring (bicyclic) bond motifs is 1. The van der Waals surface area contributed by atoms with Gasteiger partial charge in [0.25, 0.3) is 5.56 Å². The van der Waals surface area contributed by atoms with Gasteiger partial charge < -0.3 is 9.47 Å². The van der Waals surface area contributed by atoms with Crippen molar-refractivity contribution in [3.63, 3.8) is 0 Å². The van der Waals surface area contributed by atoms with Crippen molar-refractivity contribution in [3.05, 3.63) is 103 Å². The summed E-state index contributed by atoms with van der Waals surface area (Å²) < 4.78 is 13.2. The zero-order chi connectivity index (χ0) is 25.8. The minimum atomic E-state index is -0.625. The van der Waals surface area contributed by atoms with E-state index in [9.17, 15) is 9.59 Å². The molecule has 0 radical (unpaired) electrons. The van der Waals surface area contributed by atoms with Crippen molar-refractivity contribution >= 4 is 35.1 Å². The number of nitrogens with zero attached hydrogens (tertiary/aromatic N) is 2. The maximum atomic E-state index is 13.7. The van der Waals surface area contributed by atoms with Crippen LogP contribution in [0, 0.1) is 0 Å². The van der Waals surface area contributed by atoms with Crippen LogP contribution in [-0.2, 0) is 9.53 Å². The molecule has 1 aromatic heterocycles. The fourth-order valence-electron chi connectivity index (χ4n) is 3.93. The minimum Gasteiger partial charge on any atom is -0.490 e. The summed E-state index contributed by atoms with van der Waals surface area (Å²) in [6, 6.07) is 14.8. The van der Waals surface area contributed by atoms with E-state index in [1.807, 2.05) is 60.9 Å². The SMILES string of the molecule is C=CCOc1ccc(C=c2sc3n(c2=O)C(c2ccc(SC)cc2)C(C(=O)OC(C)C)=C(C)N=3)cc1. The minimum absolute atomic E-state index is 0.202. The van der Waals surface area contributed by atoms with Gasteiger partial charge >= 0.3 is 5.97 Å². The molecule has 2 aromatic carbocycles. The Morgan fingerprint density at radius 3 is 2.50 bits per heavy atom. The smallest absolute Gasteiger partial charge is 0.338 e. The van der Waals surface area contributed by atoms with Gasteiger partial charge in [-0.05, 0) is 68.5 Å². The van der Waals surface area contributed by atoms with Gasteiger partial charge in [0.1, 0.15) is 12.4 Å². The zero-order valence-electron chi connectivity index (χ0n) is 20.7. The Morgan fingerprint density at radius 2 is 1.89 bits per heavy atom. The molecule has 8 heteroatoms. The Hall–Kier alpha value is -3.36.